The minimum atomic E-state index is -0.0921. The second-order valence-corrected chi connectivity index (χ2v) is 4.56. The number of amides is 1. The number of hydrogen-bond donors (Lipinski definition) is 3. The quantitative estimate of drug-likeness (QED) is 0.683. The fourth-order valence-electron chi connectivity index (χ4n) is 2.52. The fourth-order valence-corrected chi connectivity index (χ4v) is 2.52. The lowest BCUT2D eigenvalue weighted by atomic mass is 9.96. The van der Waals surface area contributed by atoms with Gasteiger partial charge in [0.2, 0.25) is 5.91 Å². The molecule has 4 nitrogen and oxygen atoms in total. The van der Waals surface area contributed by atoms with Gasteiger partial charge in [0.05, 0.1) is 23.5 Å². The van der Waals surface area contributed by atoms with Crippen LogP contribution >= 0.6 is 0 Å². The lowest BCUT2D eigenvalue weighted by Crippen LogP contribution is -2.16. The van der Waals surface area contributed by atoms with Crippen molar-refractivity contribution in [2.24, 2.45) is 0 Å². The molecule has 17 heavy (non-hydrogen) atoms. The molecule has 2 aliphatic heterocycles. The maximum Gasteiger partial charge on any atom is 0.232 e. The summed E-state index contributed by atoms with van der Waals surface area (Å²) < 4.78 is 0. The van der Waals surface area contributed by atoms with Gasteiger partial charge >= 0.3 is 0 Å². The molecule has 0 saturated carbocycles. The standard InChI is InChI=1S/C13H15N3O/c1-3-4-8-9-5-11-12(15-7(2)14-11)6-10(9)16-13(8)17/h3,5-8,14-15H,1,4H2,2H3,(H,16,17). The third-order valence-corrected chi connectivity index (χ3v) is 3.29. The second-order valence-electron chi connectivity index (χ2n) is 4.56. The summed E-state index contributed by atoms with van der Waals surface area (Å²) in [5.41, 5.74) is 4.11. The van der Waals surface area contributed by atoms with E-state index in [1.165, 1.54) is 0 Å². The van der Waals surface area contributed by atoms with E-state index in [-0.39, 0.29) is 18.0 Å². The smallest absolute Gasteiger partial charge is 0.232 e. The monoisotopic (exact) mass is 229 g/mol. The highest BCUT2D eigenvalue weighted by Crippen LogP contribution is 2.42. The van der Waals surface area contributed by atoms with Gasteiger partial charge in [0.1, 0.15) is 0 Å². The molecule has 2 aliphatic rings. The van der Waals surface area contributed by atoms with Crippen LogP contribution in [0.1, 0.15) is 24.8 Å². The predicted octanol–water partition coefficient (Wildman–Crippen LogP) is 2.48. The minimum absolute atomic E-state index is 0.0663. The molecule has 0 fully saturated rings. The van der Waals surface area contributed by atoms with Gasteiger partial charge in [-0.15, -0.1) is 6.58 Å². The molecule has 2 unspecified atom stereocenters. The van der Waals surface area contributed by atoms with Crippen LogP contribution in [0, 0.1) is 0 Å². The highest BCUT2D eigenvalue weighted by molar-refractivity contribution is 6.04. The molecule has 0 bridgehead atoms. The van der Waals surface area contributed by atoms with Gasteiger partial charge in [-0.25, -0.2) is 0 Å². The molecule has 4 heteroatoms. The first-order chi connectivity index (χ1) is 8.19. The van der Waals surface area contributed by atoms with E-state index >= 15 is 0 Å². The van der Waals surface area contributed by atoms with Crippen molar-refractivity contribution in [3.63, 3.8) is 0 Å². The minimum Gasteiger partial charge on any atom is -0.364 e. The maximum absolute atomic E-state index is 11.8. The number of allylic oxidation sites excluding steroid dienone is 1. The Morgan fingerprint density at radius 2 is 2.00 bits per heavy atom. The number of anilines is 3. The van der Waals surface area contributed by atoms with Gasteiger partial charge in [0.15, 0.2) is 0 Å². The molecule has 0 saturated heterocycles. The summed E-state index contributed by atoms with van der Waals surface area (Å²) >= 11 is 0. The predicted molar refractivity (Wildman–Crippen MR) is 69.3 cm³/mol. The van der Waals surface area contributed by atoms with Crippen molar-refractivity contribution in [1.82, 2.24) is 0 Å². The molecule has 3 rings (SSSR count). The Bertz CT molecular complexity index is 510. The SMILES string of the molecule is C=CCC1C(=O)Nc2cc3c(cc21)NC(C)N3. The fraction of sp³-hybridized carbons (Fsp3) is 0.308. The van der Waals surface area contributed by atoms with Gasteiger partial charge in [-0.1, -0.05) is 6.08 Å². The summed E-state index contributed by atoms with van der Waals surface area (Å²) in [6.07, 6.45) is 2.71. The van der Waals surface area contributed by atoms with E-state index in [1.54, 1.807) is 6.08 Å². The van der Waals surface area contributed by atoms with Crippen LogP contribution in [0.3, 0.4) is 0 Å². The lowest BCUT2D eigenvalue weighted by Gasteiger charge is -2.07. The molecule has 3 N–H and O–H groups in total. The van der Waals surface area contributed by atoms with Crippen molar-refractivity contribution < 1.29 is 4.79 Å². The number of carbonyl (C=O) groups excluding carboxylic acids is 1. The third-order valence-electron chi connectivity index (χ3n) is 3.29. The normalized spacial score (nSPS) is 24.4. The van der Waals surface area contributed by atoms with Crippen molar-refractivity contribution >= 4 is 23.0 Å². The number of nitrogens with one attached hydrogen (secondary N) is 3. The maximum atomic E-state index is 11.8. The third kappa shape index (κ3) is 1.48. The molecule has 0 aliphatic carbocycles. The molecule has 88 valence electrons. The summed E-state index contributed by atoms with van der Waals surface area (Å²) in [6.45, 7) is 5.77. The van der Waals surface area contributed by atoms with Crippen LogP contribution in [0.2, 0.25) is 0 Å². The van der Waals surface area contributed by atoms with Crippen LogP contribution < -0.4 is 16.0 Å². The van der Waals surface area contributed by atoms with Gasteiger partial charge in [-0.3, -0.25) is 4.79 Å². The number of carbonyl (C=O) groups is 1. The van der Waals surface area contributed by atoms with Crippen LogP contribution in [0.4, 0.5) is 17.1 Å². The Hall–Kier alpha value is -1.97. The van der Waals surface area contributed by atoms with E-state index < -0.39 is 0 Å². The summed E-state index contributed by atoms with van der Waals surface area (Å²) in [4.78, 5) is 11.8. The molecule has 2 atom stereocenters. The van der Waals surface area contributed by atoms with Crippen LogP contribution in [0.25, 0.3) is 0 Å². The lowest BCUT2D eigenvalue weighted by molar-refractivity contribution is -0.116. The number of hydrogen-bond acceptors (Lipinski definition) is 3. The molecule has 2 heterocycles. The van der Waals surface area contributed by atoms with Gasteiger partial charge in [0.25, 0.3) is 0 Å². The van der Waals surface area contributed by atoms with Gasteiger partial charge in [0, 0.05) is 5.69 Å². The molecular formula is C13H15N3O. The molecule has 0 spiro atoms. The van der Waals surface area contributed by atoms with E-state index in [4.69, 9.17) is 0 Å². The molecule has 0 aromatic heterocycles. The zero-order valence-corrected chi connectivity index (χ0v) is 9.71. The largest absolute Gasteiger partial charge is 0.364 e. The summed E-state index contributed by atoms with van der Waals surface area (Å²) in [5, 5.41) is 9.56. The number of benzene rings is 1. The summed E-state index contributed by atoms with van der Waals surface area (Å²) in [6, 6.07) is 4.06. The van der Waals surface area contributed by atoms with Crippen molar-refractivity contribution in [1.29, 1.82) is 0 Å². The molecular weight excluding hydrogens is 214 g/mol. The van der Waals surface area contributed by atoms with Crippen molar-refractivity contribution in [2.45, 2.75) is 25.4 Å². The Balaban J connectivity index is 2.04. The van der Waals surface area contributed by atoms with E-state index in [0.29, 0.717) is 6.42 Å². The van der Waals surface area contributed by atoms with Gasteiger partial charge in [-0.2, -0.15) is 0 Å². The summed E-state index contributed by atoms with van der Waals surface area (Å²) in [7, 11) is 0. The van der Waals surface area contributed by atoms with Crippen LogP contribution in [-0.2, 0) is 4.79 Å². The number of rotatable bonds is 2. The zero-order chi connectivity index (χ0) is 12.0. The van der Waals surface area contributed by atoms with E-state index in [0.717, 1.165) is 22.6 Å². The Labute approximate surface area is 100 Å². The van der Waals surface area contributed by atoms with E-state index in [9.17, 15) is 4.79 Å². The van der Waals surface area contributed by atoms with Gasteiger partial charge in [-0.05, 0) is 31.0 Å². The Kier molecular flexibility index (Phi) is 2.11. The molecule has 0 radical (unpaired) electrons. The van der Waals surface area contributed by atoms with Crippen molar-refractivity contribution in [3.8, 4) is 0 Å². The first kappa shape index (κ1) is 10.2. The molecule has 1 aromatic rings. The highest BCUT2D eigenvalue weighted by Gasteiger charge is 2.31. The molecule has 1 aromatic carbocycles. The first-order valence-corrected chi connectivity index (χ1v) is 5.82. The zero-order valence-electron chi connectivity index (χ0n) is 9.71. The van der Waals surface area contributed by atoms with Crippen molar-refractivity contribution in [3.05, 3.63) is 30.4 Å². The molecule has 1 amide bonds. The van der Waals surface area contributed by atoms with E-state index in [2.05, 4.69) is 35.5 Å². The van der Waals surface area contributed by atoms with Crippen LogP contribution in [0.5, 0.6) is 0 Å². The van der Waals surface area contributed by atoms with Gasteiger partial charge < -0.3 is 16.0 Å². The topological polar surface area (TPSA) is 53.2 Å². The second kappa shape index (κ2) is 3.52. The average molecular weight is 229 g/mol. The average Bonchev–Trinajstić information content (AvgIpc) is 2.76. The summed E-state index contributed by atoms with van der Waals surface area (Å²) in [5.74, 6) is -0.0258. The Morgan fingerprint density at radius 1 is 1.29 bits per heavy atom. The first-order valence-electron chi connectivity index (χ1n) is 5.82. The van der Waals surface area contributed by atoms with Crippen LogP contribution in [0.15, 0.2) is 24.8 Å². The van der Waals surface area contributed by atoms with E-state index in [1.807, 2.05) is 6.07 Å². The van der Waals surface area contributed by atoms with Crippen molar-refractivity contribution in [2.75, 3.05) is 16.0 Å². The number of fused-ring (bicyclic) bond motifs is 2. The van der Waals surface area contributed by atoms with Crippen LogP contribution in [-0.4, -0.2) is 12.1 Å². The highest BCUT2D eigenvalue weighted by atomic mass is 16.2. The Morgan fingerprint density at radius 3 is 2.71 bits per heavy atom.